The number of hydrogen-bond acceptors (Lipinski definition) is 3. The zero-order chi connectivity index (χ0) is 15.8. The third-order valence-corrected chi connectivity index (χ3v) is 5.06. The molecule has 0 spiro atoms. The standard InChI is InChI=1S/C17H27N3OS.HI/c1-13-6-8-15(9-7-13)21-14(2)11-19-17(18-3)20-12-16-5-4-10-22-16;/h6-9,14,16H,4-5,10-12H2,1-3H3,(H2,18,19,20);1H. The molecule has 0 saturated carbocycles. The molecule has 1 saturated heterocycles. The van der Waals surface area contributed by atoms with E-state index in [1.165, 1.54) is 24.2 Å². The van der Waals surface area contributed by atoms with Crippen LogP contribution in [0.1, 0.15) is 25.3 Å². The Balaban J connectivity index is 0.00000264. The smallest absolute Gasteiger partial charge is 0.191 e. The average Bonchev–Trinajstić information content (AvgIpc) is 3.03. The van der Waals surface area contributed by atoms with Crippen LogP contribution in [0.3, 0.4) is 0 Å². The van der Waals surface area contributed by atoms with Crippen LogP contribution in [0.5, 0.6) is 5.75 Å². The van der Waals surface area contributed by atoms with Crippen molar-refractivity contribution in [3.63, 3.8) is 0 Å². The molecule has 6 heteroatoms. The minimum absolute atomic E-state index is 0. The Morgan fingerprint density at radius 3 is 2.70 bits per heavy atom. The second kappa shape index (κ2) is 11.0. The van der Waals surface area contributed by atoms with Gasteiger partial charge in [0.05, 0.1) is 6.54 Å². The Labute approximate surface area is 161 Å². The monoisotopic (exact) mass is 449 g/mol. The molecule has 2 unspecified atom stereocenters. The van der Waals surface area contributed by atoms with Crippen molar-refractivity contribution < 1.29 is 4.74 Å². The van der Waals surface area contributed by atoms with E-state index in [2.05, 4.69) is 53.4 Å². The molecular formula is C17H28IN3OS. The molecule has 4 nitrogen and oxygen atoms in total. The lowest BCUT2D eigenvalue weighted by Crippen LogP contribution is -2.43. The lowest BCUT2D eigenvalue weighted by molar-refractivity contribution is 0.224. The predicted molar refractivity (Wildman–Crippen MR) is 112 cm³/mol. The summed E-state index contributed by atoms with van der Waals surface area (Å²) in [5, 5.41) is 7.45. The van der Waals surface area contributed by atoms with Crippen molar-refractivity contribution in [3.8, 4) is 5.75 Å². The maximum atomic E-state index is 5.89. The Kier molecular flexibility index (Phi) is 9.78. The number of nitrogens with one attached hydrogen (secondary N) is 2. The Hall–Kier alpha value is -0.630. The first-order valence-electron chi connectivity index (χ1n) is 7.97. The largest absolute Gasteiger partial charge is 0.489 e. The molecular weight excluding hydrogens is 421 g/mol. The first-order valence-corrected chi connectivity index (χ1v) is 9.01. The summed E-state index contributed by atoms with van der Waals surface area (Å²) in [6.07, 6.45) is 2.73. The van der Waals surface area contributed by atoms with E-state index < -0.39 is 0 Å². The van der Waals surface area contributed by atoms with Crippen LogP contribution in [0.15, 0.2) is 29.3 Å². The number of nitrogens with zero attached hydrogens (tertiary/aromatic N) is 1. The number of ether oxygens (including phenoxy) is 1. The highest BCUT2D eigenvalue weighted by Crippen LogP contribution is 2.25. The molecule has 130 valence electrons. The summed E-state index contributed by atoms with van der Waals surface area (Å²) in [6, 6.07) is 8.15. The zero-order valence-corrected chi connectivity index (χ0v) is 17.3. The highest BCUT2D eigenvalue weighted by Gasteiger charge is 2.15. The topological polar surface area (TPSA) is 45.7 Å². The number of aryl methyl sites for hydroxylation is 1. The number of thioether (sulfide) groups is 1. The summed E-state index contributed by atoms with van der Waals surface area (Å²) >= 11 is 2.05. The van der Waals surface area contributed by atoms with Crippen molar-refractivity contribution in [2.24, 2.45) is 4.99 Å². The fourth-order valence-corrected chi connectivity index (χ4v) is 3.57. The number of aliphatic imine (C=N–C) groups is 1. The zero-order valence-electron chi connectivity index (χ0n) is 14.2. The maximum absolute atomic E-state index is 5.89. The summed E-state index contributed by atoms with van der Waals surface area (Å²) in [6.45, 7) is 5.85. The molecule has 1 heterocycles. The molecule has 0 aromatic heterocycles. The predicted octanol–water partition coefficient (Wildman–Crippen LogP) is 3.44. The van der Waals surface area contributed by atoms with Crippen LogP contribution in [0.2, 0.25) is 0 Å². The van der Waals surface area contributed by atoms with Crippen LogP contribution in [0.4, 0.5) is 0 Å². The first kappa shape index (κ1) is 20.4. The summed E-state index contributed by atoms with van der Waals surface area (Å²) < 4.78 is 5.89. The van der Waals surface area contributed by atoms with Crippen LogP contribution in [-0.2, 0) is 0 Å². The van der Waals surface area contributed by atoms with Gasteiger partial charge in [-0.25, -0.2) is 0 Å². The van der Waals surface area contributed by atoms with Gasteiger partial charge in [-0.05, 0) is 44.6 Å². The van der Waals surface area contributed by atoms with E-state index in [0.29, 0.717) is 0 Å². The quantitative estimate of drug-likeness (QED) is 0.397. The van der Waals surface area contributed by atoms with Crippen LogP contribution in [-0.4, -0.2) is 43.2 Å². The molecule has 2 N–H and O–H groups in total. The van der Waals surface area contributed by atoms with Gasteiger partial charge in [0.15, 0.2) is 5.96 Å². The summed E-state index contributed by atoms with van der Waals surface area (Å²) in [5.74, 6) is 3.05. The minimum atomic E-state index is 0. The van der Waals surface area contributed by atoms with E-state index in [1.54, 1.807) is 0 Å². The summed E-state index contributed by atoms with van der Waals surface area (Å²) in [5.41, 5.74) is 1.24. The van der Waals surface area contributed by atoms with Crippen molar-refractivity contribution in [2.45, 2.75) is 38.0 Å². The molecule has 0 bridgehead atoms. The molecule has 23 heavy (non-hydrogen) atoms. The number of benzene rings is 1. The van der Waals surface area contributed by atoms with Gasteiger partial charge in [-0.15, -0.1) is 24.0 Å². The van der Waals surface area contributed by atoms with Crippen molar-refractivity contribution >= 4 is 41.7 Å². The van der Waals surface area contributed by atoms with E-state index in [0.717, 1.165) is 30.0 Å². The van der Waals surface area contributed by atoms with E-state index in [4.69, 9.17) is 4.74 Å². The molecule has 2 rings (SSSR count). The fourth-order valence-electron chi connectivity index (χ4n) is 2.37. The molecule has 0 radical (unpaired) electrons. The lowest BCUT2D eigenvalue weighted by atomic mass is 10.2. The Bertz CT molecular complexity index is 475. The van der Waals surface area contributed by atoms with Gasteiger partial charge in [0.25, 0.3) is 0 Å². The Morgan fingerprint density at radius 2 is 2.09 bits per heavy atom. The van der Waals surface area contributed by atoms with Crippen LogP contribution < -0.4 is 15.4 Å². The van der Waals surface area contributed by atoms with E-state index in [-0.39, 0.29) is 30.1 Å². The lowest BCUT2D eigenvalue weighted by Gasteiger charge is -2.19. The Morgan fingerprint density at radius 1 is 1.35 bits per heavy atom. The SMILES string of the molecule is CN=C(NCC(C)Oc1ccc(C)cc1)NCC1CCCS1.I. The van der Waals surface area contributed by atoms with E-state index in [1.807, 2.05) is 19.2 Å². The molecule has 0 aliphatic carbocycles. The number of halogens is 1. The highest BCUT2D eigenvalue weighted by molar-refractivity contribution is 14.0. The normalized spacial score (nSPS) is 18.9. The van der Waals surface area contributed by atoms with E-state index in [9.17, 15) is 0 Å². The average molecular weight is 449 g/mol. The van der Waals surface area contributed by atoms with Gasteiger partial charge < -0.3 is 15.4 Å². The second-order valence-corrected chi connectivity index (χ2v) is 7.12. The minimum Gasteiger partial charge on any atom is -0.489 e. The maximum Gasteiger partial charge on any atom is 0.191 e. The van der Waals surface area contributed by atoms with Crippen LogP contribution in [0, 0.1) is 6.92 Å². The molecule has 0 amide bonds. The van der Waals surface area contributed by atoms with Gasteiger partial charge in [0.2, 0.25) is 0 Å². The first-order chi connectivity index (χ1) is 10.7. The number of rotatable bonds is 6. The van der Waals surface area contributed by atoms with Crippen LogP contribution >= 0.6 is 35.7 Å². The van der Waals surface area contributed by atoms with Gasteiger partial charge in [-0.3, -0.25) is 4.99 Å². The third kappa shape index (κ3) is 7.65. The van der Waals surface area contributed by atoms with Crippen molar-refractivity contribution in [3.05, 3.63) is 29.8 Å². The van der Waals surface area contributed by atoms with Gasteiger partial charge in [0.1, 0.15) is 11.9 Å². The van der Waals surface area contributed by atoms with Gasteiger partial charge in [-0.2, -0.15) is 11.8 Å². The van der Waals surface area contributed by atoms with Crippen molar-refractivity contribution in [1.29, 1.82) is 0 Å². The fraction of sp³-hybridized carbons (Fsp3) is 0.588. The molecule has 1 fully saturated rings. The number of hydrogen-bond donors (Lipinski definition) is 2. The molecule has 1 aromatic rings. The summed E-state index contributed by atoms with van der Waals surface area (Å²) in [4.78, 5) is 4.27. The van der Waals surface area contributed by atoms with Gasteiger partial charge in [0, 0.05) is 18.8 Å². The highest BCUT2D eigenvalue weighted by atomic mass is 127. The second-order valence-electron chi connectivity index (χ2n) is 5.71. The third-order valence-electron chi connectivity index (χ3n) is 3.66. The van der Waals surface area contributed by atoms with Crippen molar-refractivity contribution in [1.82, 2.24) is 10.6 Å². The molecule has 1 aliphatic heterocycles. The van der Waals surface area contributed by atoms with Gasteiger partial charge >= 0.3 is 0 Å². The molecule has 1 aromatic carbocycles. The number of guanidine groups is 1. The van der Waals surface area contributed by atoms with Gasteiger partial charge in [-0.1, -0.05) is 17.7 Å². The molecule has 2 atom stereocenters. The van der Waals surface area contributed by atoms with Crippen LogP contribution in [0.25, 0.3) is 0 Å². The summed E-state index contributed by atoms with van der Waals surface area (Å²) in [7, 11) is 1.81. The van der Waals surface area contributed by atoms with Crippen molar-refractivity contribution in [2.75, 3.05) is 25.9 Å². The van der Waals surface area contributed by atoms with E-state index >= 15 is 0 Å². The molecule has 1 aliphatic rings.